The van der Waals surface area contributed by atoms with Gasteiger partial charge in [0.25, 0.3) is 0 Å². The Bertz CT molecular complexity index is 454. The zero-order valence-electron chi connectivity index (χ0n) is 13.3. The highest BCUT2D eigenvalue weighted by Gasteiger charge is 2.47. The van der Waals surface area contributed by atoms with E-state index in [2.05, 4.69) is 37.3 Å². The Morgan fingerprint density at radius 3 is 2.76 bits per heavy atom. The minimum atomic E-state index is -0.551. The predicted molar refractivity (Wildman–Crippen MR) is 85.2 cm³/mol. The molecule has 1 aromatic carbocycles. The average Bonchev–Trinajstić information content (AvgIpc) is 2.45. The fourth-order valence-electron chi connectivity index (χ4n) is 4.24. The second kappa shape index (κ2) is 6.10. The van der Waals surface area contributed by atoms with E-state index in [9.17, 15) is 5.11 Å². The first-order chi connectivity index (χ1) is 10.0. The molecule has 0 radical (unpaired) electrons. The van der Waals surface area contributed by atoms with Crippen molar-refractivity contribution in [3.63, 3.8) is 0 Å². The molecule has 1 aliphatic heterocycles. The van der Waals surface area contributed by atoms with Crippen molar-refractivity contribution in [2.24, 2.45) is 11.8 Å². The summed E-state index contributed by atoms with van der Waals surface area (Å²) >= 11 is 0. The summed E-state index contributed by atoms with van der Waals surface area (Å²) in [5, 5.41) is 10.8. The smallest absolute Gasteiger partial charge is 0.0697 e. The summed E-state index contributed by atoms with van der Waals surface area (Å²) in [5.41, 5.74) is 0.810. The van der Waals surface area contributed by atoms with Crippen molar-refractivity contribution in [1.82, 2.24) is 0 Å². The summed E-state index contributed by atoms with van der Waals surface area (Å²) in [7, 11) is 0. The van der Waals surface area contributed by atoms with Crippen LogP contribution in [-0.4, -0.2) is 22.9 Å². The monoisotopic (exact) mass is 288 g/mol. The van der Waals surface area contributed by atoms with E-state index >= 15 is 0 Å². The number of benzene rings is 1. The summed E-state index contributed by atoms with van der Waals surface area (Å²) in [6.07, 6.45) is 6.76. The summed E-state index contributed by atoms with van der Waals surface area (Å²) < 4.78 is 6.36. The highest BCUT2D eigenvalue weighted by molar-refractivity contribution is 5.14. The minimum absolute atomic E-state index is 0.201. The second-order valence-corrected chi connectivity index (χ2v) is 7.41. The lowest BCUT2D eigenvalue weighted by Gasteiger charge is -2.49. The van der Waals surface area contributed by atoms with Crippen molar-refractivity contribution in [3.8, 4) is 0 Å². The minimum Gasteiger partial charge on any atom is -0.390 e. The summed E-state index contributed by atoms with van der Waals surface area (Å²) in [6.45, 7) is 4.33. The molecule has 1 saturated heterocycles. The normalized spacial score (nSPS) is 39.8. The van der Waals surface area contributed by atoms with E-state index in [1.807, 2.05) is 6.92 Å². The molecular weight excluding hydrogens is 260 g/mol. The number of aryl methyl sites for hydroxylation is 1. The number of ether oxygens (including phenoxy) is 1. The molecule has 2 aliphatic rings. The van der Waals surface area contributed by atoms with Gasteiger partial charge in [-0.15, -0.1) is 0 Å². The zero-order chi connectivity index (χ0) is 14.9. The molecule has 3 rings (SSSR count). The van der Waals surface area contributed by atoms with Gasteiger partial charge in [-0.25, -0.2) is 0 Å². The van der Waals surface area contributed by atoms with Crippen LogP contribution in [0.25, 0.3) is 0 Å². The number of aliphatic hydroxyl groups is 1. The molecule has 2 nitrogen and oxygen atoms in total. The first kappa shape index (κ1) is 15.1. The molecule has 1 heterocycles. The molecule has 1 N–H and O–H groups in total. The van der Waals surface area contributed by atoms with Gasteiger partial charge < -0.3 is 9.84 Å². The maximum atomic E-state index is 10.8. The van der Waals surface area contributed by atoms with Gasteiger partial charge in [0.1, 0.15) is 0 Å². The quantitative estimate of drug-likeness (QED) is 0.912. The maximum Gasteiger partial charge on any atom is 0.0697 e. The van der Waals surface area contributed by atoms with Crippen molar-refractivity contribution < 1.29 is 9.84 Å². The van der Waals surface area contributed by atoms with Crippen molar-refractivity contribution >= 4 is 0 Å². The van der Waals surface area contributed by atoms with Crippen molar-refractivity contribution in [1.29, 1.82) is 0 Å². The van der Waals surface area contributed by atoms with E-state index in [1.54, 1.807) is 0 Å². The van der Waals surface area contributed by atoms with Gasteiger partial charge in [0.05, 0.1) is 17.8 Å². The molecule has 2 heteroatoms. The Morgan fingerprint density at radius 1 is 1.24 bits per heavy atom. The van der Waals surface area contributed by atoms with Gasteiger partial charge in [-0.2, -0.15) is 0 Å². The van der Waals surface area contributed by atoms with Gasteiger partial charge >= 0.3 is 0 Å². The second-order valence-electron chi connectivity index (χ2n) is 7.41. The largest absolute Gasteiger partial charge is 0.390 e. The summed E-state index contributed by atoms with van der Waals surface area (Å²) in [5.74, 6) is 1.07. The summed E-state index contributed by atoms with van der Waals surface area (Å²) in [6, 6.07) is 10.6. The predicted octanol–water partition coefficient (Wildman–Crippen LogP) is 3.96. The molecule has 1 aromatic rings. The molecule has 0 amide bonds. The van der Waals surface area contributed by atoms with Crippen LogP contribution in [0.1, 0.15) is 51.5 Å². The average molecular weight is 288 g/mol. The molecule has 2 fully saturated rings. The van der Waals surface area contributed by atoms with E-state index < -0.39 is 5.60 Å². The van der Waals surface area contributed by atoms with Crippen LogP contribution in [0.15, 0.2) is 30.3 Å². The first-order valence-corrected chi connectivity index (χ1v) is 8.46. The van der Waals surface area contributed by atoms with Gasteiger partial charge in [0, 0.05) is 12.3 Å². The van der Waals surface area contributed by atoms with E-state index in [4.69, 9.17) is 4.74 Å². The lowest BCUT2D eigenvalue weighted by atomic mass is 9.69. The van der Waals surface area contributed by atoms with Crippen molar-refractivity contribution in [2.75, 3.05) is 0 Å². The number of hydrogen-bond donors (Lipinski definition) is 1. The first-order valence-electron chi connectivity index (χ1n) is 8.46. The highest BCUT2D eigenvalue weighted by Crippen LogP contribution is 2.44. The summed E-state index contributed by atoms with van der Waals surface area (Å²) in [4.78, 5) is 0. The number of rotatable bonds is 3. The van der Waals surface area contributed by atoms with Gasteiger partial charge in [0.15, 0.2) is 0 Å². The van der Waals surface area contributed by atoms with Gasteiger partial charge in [0.2, 0.25) is 0 Å². The molecule has 5 atom stereocenters. The van der Waals surface area contributed by atoms with Gasteiger partial charge in [-0.1, -0.05) is 43.7 Å². The van der Waals surface area contributed by atoms with Crippen molar-refractivity contribution in [3.05, 3.63) is 35.9 Å². The van der Waals surface area contributed by atoms with E-state index in [1.165, 1.54) is 12.0 Å². The van der Waals surface area contributed by atoms with E-state index in [-0.39, 0.29) is 12.2 Å². The van der Waals surface area contributed by atoms with E-state index in [0.29, 0.717) is 5.92 Å². The molecule has 1 aliphatic carbocycles. The number of fused-ring (bicyclic) bond motifs is 1. The fraction of sp³-hybridized carbons (Fsp3) is 0.684. The van der Waals surface area contributed by atoms with Gasteiger partial charge in [-0.05, 0) is 44.1 Å². The van der Waals surface area contributed by atoms with Crippen LogP contribution in [0, 0.1) is 11.8 Å². The third-order valence-corrected chi connectivity index (χ3v) is 5.46. The van der Waals surface area contributed by atoms with Crippen LogP contribution in [0.2, 0.25) is 0 Å². The van der Waals surface area contributed by atoms with Crippen LogP contribution < -0.4 is 0 Å². The molecular formula is C19H28O2. The molecule has 0 bridgehead atoms. The van der Waals surface area contributed by atoms with Gasteiger partial charge in [-0.3, -0.25) is 0 Å². The molecule has 0 spiro atoms. The Morgan fingerprint density at radius 2 is 2.00 bits per heavy atom. The molecule has 116 valence electrons. The Balaban J connectivity index is 1.62. The zero-order valence-corrected chi connectivity index (χ0v) is 13.3. The third kappa shape index (κ3) is 3.49. The van der Waals surface area contributed by atoms with Crippen LogP contribution in [0.3, 0.4) is 0 Å². The Hall–Kier alpha value is -0.860. The fourth-order valence-corrected chi connectivity index (χ4v) is 4.24. The SMILES string of the molecule is C[C@@H]1CC[C@@H]2[C@@H](C1)O[C@@H](CCc1ccccc1)C[C@@]2(C)O. The molecule has 1 saturated carbocycles. The molecule has 21 heavy (non-hydrogen) atoms. The highest BCUT2D eigenvalue weighted by atomic mass is 16.5. The number of hydrogen-bond acceptors (Lipinski definition) is 2. The maximum absolute atomic E-state index is 10.8. The lowest BCUT2D eigenvalue weighted by molar-refractivity contribution is -0.196. The van der Waals surface area contributed by atoms with Crippen molar-refractivity contribution in [2.45, 2.75) is 70.2 Å². The molecule has 0 unspecified atom stereocenters. The third-order valence-electron chi connectivity index (χ3n) is 5.46. The van der Waals surface area contributed by atoms with Crippen LogP contribution >= 0.6 is 0 Å². The lowest BCUT2D eigenvalue weighted by Crippen LogP contribution is -2.53. The standard InChI is InChI=1S/C19H28O2/c1-14-8-11-17-18(12-14)21-16(13-19(17,2)20)10-9-15-6-4-3-5-7-15/h3-7,14,16-18,20H,8-13H2,1-2H3/t14-,16+,17-,18-,19-/m1/s1. The van der Waals surface area contributed by atoms with Crippen LogP contribution in [0.5, 0.6) is 0 Å². The van der Waals surface area contributed by atoms with E-state index in [0.717, 1.165) is 38.0 Å². The topological polar surface area (TPSA) is 29.5 Å². The van der Waals surface area contributed by atoms with Crippen LogP contribution in [-0.2, 0) is 11.2 Å². The Labute approximate surface area is 128 Å². The molecule has 0 aromatic heterocycles. The van der Waals surface area contributed by atoms with Crippen LogP contribution in [0.4, 0.5) is 0 Å². The Kier molecular flexibility index (Phi) is 4.37.